The lowest BCUT2D eigenvalue weighted by Gasteiger charge is -2.47. The van der Waals surface area contributed by atoms with E-state index >= 15 is 0 Å². The summed E-state index contributed by atoms with van der Waals surface area (Å²) in [5.41, 5.74) is 0.326. The lowest BCUT2D eigenvalue weighted by molar-refractivity contribution is -0.296. The van der Waals surface area contributed by atoms with Crippen molar-refractivity contribution in [3.8, 4) is 0 Å². The van der Waals surface area contributed by atoms with Gasteiger partial charge in [0.2, 0.25) is 0 Å². The van der Waals surface area contributed by atoms with Gasteiger partial charge in [0.15, 0.2) is 11.9 Å². The summed E-state index contributed by atoms with van der Waals surface area (Å²) in [5.74, 6) is -2.50. The number of aliphatic imine (C=N–C) groups is 1. The predicted octanol–water partition coefficient (Wildman–Crippen LogP) is 5.46. The van der Waals surface area contributed by atoms with Crippen LogP contribution in [0.5, 0.6) is 0 Å². The molecule has 13 nitrogen and oxygen atoms in total. The van der Waals surface area contributed by atoms with E-state index in [4.69, 9.17) is 28.7 Å². The number of aliphatic hydroxyl groups is 1. The number of Topliss-reactive ketones (excluding diaryl/α,β-unsaturated/α-hetero) is 1. The van der Waals surface area contributed by atoms with Crippen molar-refractivity contribution >= 4 is 40.5 Å². The van der Waals surface area contributed by atoms with Crippen LogP contribution < -0.4 is 0 Å². The number of rotatable bonds is 8. The normalized spacial score (nSPS) is 37.3. The fourth-order valence-electron chi connectivity index (χ4n) is 9.62. The van der Waals surface area contributed by atoms with Gasteiger partial charge in [-0.25, -0.2) is 4.79 Å². The van der Waals surface area contributed by atoms with Crippen molar-refractivity contribution < 1.29 is 43.2 Å². The van der Waals surface area contributed by atoms with Crippen LogP contribution in [-0.2, 0) is 33.3 Å². The maximum Gasteiger partial charge on any atom is 0.410 e. The van der Waals surface area contributed by atoms with E-state index in [1.165, 1.54) is 0 Å². The number of hydrogen-bond acceptors (Lipinski definition) is 12. The highest BCUT2D eigenvalue weighted by molar-refractivity contribution is 5.97. The Morgan fingerprint density at radius 3 is 2.57 bits per heavy atom. The van der Waals surface area contributed by atoms with Crippen LogP contribution in [-0.4, -0.2) is 131 Å². The Hall–Kier alpha value is -3.75. The summed E-state index contributed by atoms with van der Waals surface area (Å²) in [4.78, 5) is 54.7. The average molecular weight is 777 g/mol. The van der Waals surface area contributed by atoms with E-state index in [9.17, 15) is 19.5 Å². The highest BCUT2D eigenvalue weighted by Crippen LogP contribution is 2.44. The topological polar surface area (TPSA) is 149 Å². The Balaban J connectivity index is 1.40. The van der Waals surface area contributed by atoms with E-state index in [-0.39, 0.29) is 30.6 Å². The minimum absolute atomic E-state index is 0.153. The van der Waals surface area contributed by atoms with Gasteiger partial charge < -0.3 is 33.7 Å². The molecule has 4 aliphatic heterocycles. The molecule has 2 aromatic rings. The van der Waals surface area contributed by atoms with E-state index in [0.29, 0.717) is 32.4 Å². The van der Waals surface area contributed by atoms with Gasteiger partial charge in [-0.1, -0.05) is 58.0 Å². The van der Waals surface area contributed by atoms with Crippen molar-refractivity contribution in [3.63, 3.8) is 0 Å². The maximum atomic E-state index is 14.3. The van der Waals surface area contributed by atoms with Crippen LogP contribution in [0, 0.1) is 17.8 Å². The molecule has 0 radical (unpaired) electrons. The number of carbonyl (C=O) groups is 3. The SMILES string of the molecule is CC[C@@H]1OC(=O)CC(=O)[C@H](C)[C@@H](O[C@@H]2O[C@H](C)C[C@H](N(C)C)[C@H]2O)[C@@](C)(OC/C=C/c2cnc3ccccc3c2)C[C@@H](C)C2=NCCN3C(=O)O[C@@]1(C)[C@H]3[C@@H]2C. The van der Waals surface area contributed by atoms with E-state index in [1.54, 1.807) is 11.8 Å². The largest absolute Gasteiger partial charge is 0.458 e. The zero-order valence-corrected chi connectivity index (χ0v) is 34.3. The number of pyridine rings is 1. The highest BCUT2D eigenvalue weighted by Gasteiger charge is 2.60. The summed E-state index contributed by atoms with van der Waals surface area (Å²) < 4.78 is 32.1. The smallest absolute Gasteiger partial charge is 0.410 e. The van der Waals surface area contributed by atoms with E-state index in [1.807, 2.05) is 96.2 Å². The van der Waals surface area contributed by atoms with Gasteiger partial charge in [-0.3, -0.25) is 24.5 Å². The third-order valence-corrected chi connectivity index (χ3v) is 12.4. The molecule has 13 heteroatoms. The average Bonchev–Trinajstić information content (AvgIpc) is 3.28. The fourth-order valence-corrected chi connectivity index (χ4v) is 9.62. The van der Waals surface area contributed by atoms with Crippen molar-refractivity contribution in [1.82, 2.24) is 14.8 Å². The van der Waals surface area contributed by atoms with E-state index < -0.39 is 72.0 Å². The van der Waals surface area contributed by atoms with Crippen LogP contribution in [0.3, 0.4) is 0 Å². The number of para-hydroxylation sites is 1. The zero-order chi connectivity index (χ0) is 40.5. The molecule has 1 aromatic heterocycles. The monoisotopic (exact) mass is 776 g/mol. The summed E-state index contributed by atoms with van der Waals surface area (Å²) >= 11 is 0. The van der Waals surface area contributed by atoms with Crippen LogP contribution in [0.25, 0.3) is 17.0 Å². The van der Waals surface area contributed by atoms with Crippen LogP contribution in [0.2, 0.25) is 0 Å². The van der Waals surface area contributed by atoms with Crippen molar-refractivity contribution in [2.45, 2.75) is 128 Å². The minimum atomic E-state index is -1.18. The first-order valence-corrected chi connectivity index (χ1v) is 20.1. The van der Waals surface area contributed by atoms with Gasteiger partial charge in [-0.15, -0.1) is 0 Å². The van der Waals surface area contributed by atoms with Crippen molar-refractivity contribution in [1.29, 1.82) is 0 Å². The molecule has 0 aliphatic carbocycles. The predicted molar refractivity (Wildman–Crippen MR) is 212 cm³/mol. The third-order valence-electron chi connectivity index (χ3n) is 12.4. The molecule has 56 heavy (non-hydrogen) atoms. The Morgan fingerprint density at radius 2 is 1.84 bits per heavy atom. The number of cyclic esters (lactones) is 1. The van der Waals surface area contributed by atoms with Crippen molar-refractivity contribution in [2.24, 2.45) is 22.7 Å². The molecule has 2 bridgehead atoms. The van der Waals surface area contributed by atoms with E-state index in [0.717, 1.165) is 22.2 Å². The number of aliphatic hydroxyl groups excluding tert-OH is 1. The van der Waals surface area contributed by atoms with Gasteiger partial charge in [-0.05, 0) is 77.7 Å². The number of fused-ring (bicyclic) bond motifs is 2. The fraction of sp³-hybridized carbons (Fsp3) is 0.651. The lowest BCUT2D eigenvalue weighted by atomic mass is 9.73. The number of carbonyl (C=O) groups excluding carboxylic acids is 3. The summed E-state index contributed by atoms with van der Waals surface area (Å²) in [6.07, 6.45) is 1.89. The van der Waals surface area contributed by atoms with Gasteiger partial charge in [0.1, 0.15) is 24.4 Å². The Morgan fingerprint density at radius 1 is 1.09 bits per heavy atom. The number of benzene rings is 1. The van der Waals surface area contributed by atoms with Gasteiger partial charge in [0, 0.05) is 41.7 Å². The first kappa shape index (κ1) is 41.9. The summed E-state index contributed by atoms with van der Waals surface area (Å²) in [6.45, 7) is 14.3. The van der Waals surface area contributed by atoms with Gasteiger partial charge in [0.25, 0.3) is 0 Å². The number of hydrogen-bond donors (Lipinski definition) is 1. The van der Waals surface area contributed by atoms with Crippen LogP contribution >= 0.6 is 0 Å². The molecule has 3 fully saturated rings. The van der Waals surface area contributed by atoms with Crippen molar-refractivity contribution in [2.75, 3.05) is 33.8 Å². The molecule has 0 spiro atoms. The molecule has 1 amide bonds. The number of esters is 1. The summed E-state index contributed by atoms with van der Waals surface area (Å²) in [7, 11) is 3.81. The van der Waals surface area contributed by atoms with Gasteiger partial charge in [-0.2, -0.15) is 0 Å². The molecule has 306 valence electrons. The number of aromatic nitrogens is 1. The molecular weight excluding hydrogens is 716 g/mol. The second-order valence-corrected chi connectivity index (χ2v) is 16.8. The molecule has 6 rings (SSSR count). The minimum Gasteiger partial charge on any atom is -0.458 e. The Labute approximate surface area is 330 Å². The second-order valence-electron chi connectivity index (χ2n) is 16.8. The number of ether oxygens (including phenoxy) is 5. The maximum absolute atomic E-state index is 14.3. The standard InChI is InChI=1S/C43H60N4O9/c1-10-34-43(7)38-28(5)36(44-17-18-47(38)41(51)56-43)25(2)23-42(6,52-19-13-14-29-21-30-15-11-12-16-31(30)45-24-29)39(27(4)33(48)22-35(49)54-34)55-40-37(50)32(46(8)9)20-26(3)53-40/h11-16,21,24-28,32,34,37-40,50H,10,17-20,22-23H2,1-9H3/b14-13+/t25-,26-,27+,28-,32+,34+,37-,38-,39-,40+,42+,43-/m1/s1. The number of amides is 1. The third kappa shape index (κ3) is 8.43. The Bertz CT molecular complexity index is 1820. The molecule has 0 unspecified atom stereocenters. The molecule has 4 aliphatic rings. The molecular formula is C43H60N4O9. The summed E-state index contributed by atoms with van der Waals surface area (Å²) in [5, 5.41) is 12.6. The number of nitrogens with zero attached hydrogens (tertiary/aromatic N) is 4. The first-order chi connectivity index (χ1) is 26.6. The molecule has 1 N–H and O–H groups in total. The highest BCUT2D eigenvalue weighted by atomic mass is 16.7. The second kappa shape index (κ2) is 17.0. The quantitative estimate of drug-likeness (QED) is 0.269. The molecule has 5 heterocycles. The van der Waals surface area contributed by atoms with E-state index in [2.05, 4.69) is 18.0 Å². The van der Waals surface area contributed by atoms with Crippen molar-refractivity contribution in [3.05, 3.63) is 48.2 Å². The summed E-state index contributed by atoms with van der Waals surface area (Å²) in [6, 6.07) is 9.25. The molecule has 0 saturated carbocycles. The van der Waals surface area contributed by atoms with Crippen LogP contribution in [0.1, 0.15) is 79.7 Å². The molecule has 3 saturated heterocycles. The molecule has 12 atom stereocenters. The van der Waals surface area contributed by atoms with Gasteiger partial charge in [0.05, 0.1) is 42.5 Å². The number of likely N-dealkylation sites (N-methyl/N-ethyl adjacent to an activating group) is 1. The molecule has 1 aromatic carbocycles. The van der Waals surface area contributed by atoms with Crippen LogP contribution in [0.4, 0.5) is 4.79 Å². The van der Waals surface area contributed by atoms with Gasteiger partial charge >= 0.3 is 12.1 Å². The van der Waals surface area contributed by atoms with Crippen LogP contribution in [0.15, 0.2) is 47.6 Å². The zero-order valence-electron chi connectivity index (χ0n) is 34.3. The Kier molecular flexibility index (Phi) is 12.7. The lowest BCUT2D eigenvalue weighted by Crippen LogP contribution is -2.59. The first-order valence-electron chi connectivity index (χ1n) is 20.1. The number of ketones is 1.